The lowest BCUT2D eigenvalue weighted by Crippen LogP contribution is -2.40. The number of pyridine rings is 1. The average Bonchev–Trinajstić information content (AvgIpc) is 3.23. The minimum atomic E-state index is -0.00554. The fraction of sp³-hybridized carbons (Fsp3) is 0.450. The predicted octanol–water partition coefficient (Wildman–Crippen LogP) is 2.50. The first-order valence-electron chi connectivity index (χ1n) is 9.28. The first kappa shape index (κ1) is 20.9. The summed E-state index contributed by atoms with van der Waals surface area (Å²) >= 11 is 1.70. The Morgan fingerprint density at radius 2 is 2.19 bits per heavy atom. The fourth-order valence-corrected chi connectivity index (χ4v) is 3.27. The number of carbonyl (C=O) groups is 1. The summed E-state index contributed by atoms with van der Waals surface area (Å²) in [5.74, 6) is 1.05. The third-order valence-corrected chi connectivity index (χ3v) is 4.96. The van der Waals surface area contributed by atoms with Crippen LogP contribution in [0.15, 0.2) is 46.2 Å². The maximum atomic E-state index is 12.3. The van der Waals surface area contributed by atoms with Crippen molar-refractivity contribution in [1.29, 1.82) is 0 Å². The number of aromatic nitrogens is 1. The number of hydrogen-bond acceptors (Lipinski definition) is 4. The highest BCUT2D eigenvalue weighted by molar-refractivity contribution is 7.07. The lowest BCUT2D eigenvalue weighted by molar-refractivity contribution is -0.128. The van der Waals surface area contributed by atoms with Crippen LogP contribution in [0.5, 0.6) is 0 Å². The molecule has 0 fully saturated rings. The van der Waals surface area contributed by atoms with Gasteiger partial charge in [-0.2, -0.15) is 11.3 Å². The van der Waals surface area contributed by atoms with Crippen molar-refractivity contribution in [2.45, 2.75) is 26.2 Å². The summed E-state index contributed by atoms with van der Waals surface area (Å²) in [5, 5.41) is 10.8. The average molecular weight is 388 g/mol. The number of nitrogens with zero attached hydrogens (tertiary/aromatic N) is 3. The second kappa shape index (κ2) is 11.3. The molecular formula is C20H29N5OS. The molecule has 0 aliphatic heterocycles. The molecule has 2 heterocycles. The van der Waals surface area contributed by atoms with Crippen molar-refractivity contribution in [2.75, 3.05) is 33.2 Å². The molecule has 27 heavy (non-hydrogen) atoms. The summed E-state index contributed by atoms with van der Waals surface area (Å²) < 4.78 is 0. The van der Waals surface area contributed by atoms with Gasteiger partial charge in [0.15, 0.2) is 5.96 Å². The minimum Gasteiger partial charge on any atom is -0.357 e. The van der Waals surface area contributed by atoms with Crippen LogP contribution in [-0.2, 0) is 11.2 Å². The molecule has 0 spiro atoms. The van der Waals surface area contributed by atoms with Crippen molar-refractivity contribution in [2.24, 2.45) is 4.99 Å². The minimum absolute atomic E-state index is 0.00554. The third kappa shape index (κ3) is 7.38. The molecule has 0 aliphatic carbocycles. The molecule has 0 bridgehead atoms. The smallest absolute Gasteiger partial charge is 0.244 e. The van der Waals surface area contributed by atoms with Crippen LogP contribution in [0.2, 0.25) is 0 Å². The zero-order valence-electron chi connectivity index (χ0n) is 16.3. The standard InChI is InChI=1S/C20H29N5OS/c1-4-21-20(23-13-16(2)17-9-12-27-15-17)24-14-19(26)25(3)11-8-18-7-5-6-10-22-18/h5-7,9-10,12,15-16H,4,8,11,13-14H2,1-3H3,(H2,21,23,24). The predicted molar refractivity (Wildman–Crippen MR) is 112 cm³/mol. The summed E-state index contributed by atoms with van der Waals surface area (Å²) in [6.45, 7) is 6.47. The fourth-order valence-electron chi connectivity index (χ4n) is 2.49. The molecule has 1 atom stereocenters. The lowest BCUT2D eigenvalue weighted by Gasteiger charge is -2.17. The van der Waals surface area contributed by atoms with Gasteiger partial charge in [0.05, 0.1) is 0 Å². The Morgan fingerprint density at radius 1 is 1.33 bits per heavy atom. The van der Waals surface area contributed by atoms with Gasteiger partial charge in [-0.1, -0.05) is 13.0 Å². The number of rotatable bonds is 9. The summed E-state index contributed by atoms with van der Waals surface area (Å²) in [6.07, 6.45) is 2.51. The first-order valence-corrected chi connectivity index (χ1v) is 10.2. The van der Waals surface area contributed by atoms with E-state index in [1.807, 2.05) is 25.1 Å². The van der Waals surface area contributed by atoms with Gasteiger partial charge in [-0.15, -0.1) is 0 Å². The topological polar surface area (TPSA) is 69.6 Å². The van der Waals surface area contributed by atoms with Crippen LogP contribution in [0.4, 0.5) is 0 Å². The molecule has 2 aromatic rings. The number of aliphatic imine (C=N–C) groups is 1. The summed E-state index contributed by atoms with van der Waals surface area (Å²) in [7, 11) is 1.81. The SMILES string of the molecule is CCNC(=NCC(=O)N(C)CCc1ccccn1)NCC(C)c1ccsc1. The molecular weight excluding hydrogens is 358 g/mol. The van der Waals surface area contributed by atoms with Crippen molar-refractivity contribution in [3.05, 3.63) is 52.5 Å². The summed E-state index contributed by atoms with van der Waals surface area (Å²) in [6, 6.07) is 7.96. The van der Waals surface area contributed by atoms with E-state index in [1.165, 1.54) is 5.56 Å². The van der Waals surface area contributed by atoms with Gasteiger partial charge in [-0.25, -0.2) is 4.99 Å². The van der Waals surface area contributed by atoms with Crippen molar-refractivity contribution >= 4 is 23.2 Å². The number of thiophene rings is 1. The molecule has 1 amide bonds. The van der Waals surface area contributed by atoms with E-state index in [4.69, 9.17) is 0 Å². The van der Waals surface area contributed by atoms with E-state index in [9.17, 15) is 4.79 Å². The maximum absolute atomic E-state index is 12.3. The molecule has 0 saturated carbocycles. The molecule has 2 aromatic heterocycles. The van der Waals surface area contributed by atoms with Crippen molar-refractivity contribution < 1.29 is 4.79 Å². The molecule has 2 rings (SSSR count). The molecule has 2 N–H and O–H groups in total. The summed E-state index contributed by atoms with van der Waals surface area (Å²) in [4.78, 5) is 22.8. The Labute approximate surface area is 165 Å². The summed E-state index contributed by atoms with van der Waals surface area (Å²) in [5.41, 5.74) is 2.30. The van der Waals surface area contributed by atoms with Crippen molar-refractivity contribution in [3.63, 3.8) is 0 Å². The van der Waals surface area contributed by atoms with Gasteiger partial charge in [0.1, 0.15) is 6.54 Å². The quantitative estimate of drug-likeness (QED) is 0.512. The van der Waals surface area contributed by atoms with E-state index in [0.29, 0.717) is 18.4 Å². The van der Waals surface area contributed by atoms with Crippen LogP contribution in [0.3, 0.4) is 0 Å². The van der Waals surface area contributed by atoms with E-state index in [2.05, 4.69) is 44.4 Å². The van der Waals surface area contributed by atoms with Crippen molar-refractivity contribution in [3.8, 4) is 0 Å². The van der Waals surface area contributed by atoms with E-state index in [-0.39, 0.29) is 12.5 Å². The Hall–Kier alpha value is -2.41. The Balaban J connectivity index is 1.80. The van der Waals surface area contributed by atoms with Gasteiger partial charge in [0, 0.05) is 45.0 Å². The van der Waals surface area contributed by atoms with Crippen LogP contribution in [0.1, 0.15) is 31.0 Å². The van der Waals surface area contributed by atoms with E-state index in [1.54, 1.807) is 29.5 Å². The molecule has 0 saturated heterocycles. The third-order valence-electron chi connectivity index (χ3n) is 4.26. The number of nitrogens with one attached hydrogen (secondary N) is 2. The monoisotopic (exact) mass is 387 g/mol. The highest BCUT2D eigenvalue weighted by Gasteiger charge is 2.10. The number of amides is 1. The molecule has 1 unspecified atom stereocenters. The van der Waals surface area contributed by atoms with E-state index >= 15 is 0 Å². The second-order valence-electron chi connectivity index (χ2n) is 6.42. The number of hydrogen-bond donors (Lipinski definition) is 2. The van der Waals surface area contributed by atoms with Gasteiger partial charge < -0.3 is 15.5 Å². The molecule has 146 valence electrons. The van der Waals surface area contributed by atoms with Crippen molar-refractivity contribution in [1.82, 2.24) is 20.5 Å². The first-order chi connectivity index (χ1) is 13.1. The zero-order valence-corrected chi connectivity index (χ0v) is 17.1. The van der Waals surface area contributed by atoms with Gasteiger partial charge in [-0.3, -0.25) is 9.78 Å². The molecule has 0 aromatic carbocycles. The van der Waals surface area contributed by atoms with E-state index in [0.717, 1.165) is 25.2 Å². The highest BCUT2D eigenvalue weighted by Crippen LogP contribution is 2.16. The van der Waals surface area contributed by atoms with E-state index < -0.39 is 0 Å². The van der Waals surface area contributed by atoms with Gasteiger partial charge >= 0.3 is 0 Å². The highest BCUT2D eigenvalue weighted by atomic mass is 32.1. The molecule has 0 radical (unpaired) electrons. The van der Waals surface area contributed by atoms with Crippen LogP contribution in [0, 0.1) is 0 Å². The Kier molecular flexibility index (Phi) is 8.77. The number of carbonyl (C=O) groups excluding carboxylic acids is 1. The molecule has 0 aliphatic rings. The Morgan fingerprint density at radius 3 is 2.85 bits per heavy atom. The second-order valence-corrected chi connectivity index (χ2v) is 7.20. The number of likely N-dealkylation sites (N-methyl/N-ethyl adjacent to an activating group) is 1. The Bertz CT molecular complexity index is 702. The zero-order chi connectivity index (χ0) is 19.5. The normalized spacial score (nSPS) is 12.5. The molecule has 7 heteroatoms. The van der Waals surface area contributed by atoms with Crippen LogP contribution in [-0.4, -0.2) is 55.0 Å². The van der Waals surface area contributed by atoms with Crippen LogP contribution >= 0.6 is 11.3 Å². The van der Waals surface area contributed by atoms with Crippen LogP contribution in [0.25, 0.3) is 0 Å². The maximum Gasteiger partial charge on any atom is 0.244 e. The lowest BCUT2D eigenvalue weighted by atomic mass is 10.1. The van der Waals surface area contributed by atoms with Gasteiger partial charge in [0.2, 0.25) is 5.91 Å². The van der Waals surface area contributed by atoms with Crippen LogP contribution < -0.4 is 10.6 Å². The van der Waals surface area contributed by atoms with Gasteiger partial charge in [-0.05, 0) is 47.4 Å². The number of guanidine groups is 1. The van der Waals surface area contributed by atoms with Gasteiger partial charge in [0.25, 0.3) is 0 Å². The largest absolute Gasteiger partial charge is 0.357 e. The molecule has 6 nitrogen and oxygen atoms in total.